The Morgan fingerprint density at radius 2 is 2.29 bits per heavy atom. The molecule has 0 aromatic heterocycles. The van der Waals surface area contributed by atoms with Crippen LogP contribution in [-0.2, 0) is 4.74 Å². The first-order chi connectivity index (χ1) is 6.65. The second-order valence-electron chi connectivity index (χ2n) is 4.21. The summed E-state index contributed by atoms with van der Waals surface area (Å²) < 4.78 is 5.58. The summed E-state index contributed by atoms with van der Waals surface area (Å²) in [6.45, 7) is 8.95. The van der Waals surface area contributed by atoms with Gasteiger partial charge in [-0.2, -0.15) is 0 Å². The molecule has 1 fully saturated rings. The van der Waals surface area contributed by atoms with Crippen molar-refractivity contribution in [1.82, 2.24) is 4.90 Å². The molecular weight excluding hydrogens is 176 g/mol. The Balaban J connectivity index is 2.41. The smallest absolute Gasteiger partial charge is 0.0984 e. The normalized spacial score (nSPS) is 21.6. The number of amidine groups is 1. The Morgan fingerprint density at radius 1 is 1.57 bits per heavy atom. The maximum Gasteiger partial charge on any atom is 0.0984 e. The number of likely N-dealkylation sites (N-methyl/N-ethyl adjacent to an activating group) is 1. The first-order valence-corrected chi connectivity index (χ1v) is 5.60. The zero-order valence-corrected chi connectivity index (χ0v) is 9.55. The Morgan fingerprint density at radius 3 is 2.71 bits per heavy atom. The number of nitrogens with zero attached hydrogens (tertiary/aromatic N) is 1. The molecule has 0 spiro atoms. The van der Waals surface area contributed by atoms with Gasteiger partial charge in [-0.25, -0.2) is 0 Å². The van der Waals surface area contributed by atoms with E-state index in [2.05, 4.69) is 25.7 Å². The highest BCUT2D eigenvalue weighted by atomic mass is 16.5. The molecule has 0 bridgehead atoms. The molecule has 1 atom stereocenters. The Bertz CT molecular complexity index is 186. The van der Waals surface area contributed by atoms with E-state index in [-0.39, 0.29) is 0 Å². The molecule has 1 N–H and O–H groups in total. The summed E-state index contributed by atoms with van der Waals surface area (Å²) in [6.07, 6.45) is 2.69. The molecule has 1 saturated heterocycles. The number of hydrogen-bond donors (Lipinski definition) is 1. The maximum atomic E-state index is 7.93. The molecule has 1 aliphatic rings. The number of rotatable bonds is 4. The van der Waals surface area contributed by atoms with Crippen LogP contribution in [0.15, 0.2) is 0 Å². The maximum absolute atomic E-state index is 7.93. The first-order valence-electron chi connectivity index (χ1n) is 5.60. The lowest BCUT2D eigenvalue weighted by atomic mass is 10.1. The van der Waals surface area contributed by atoms with Gasteiger partial charge >= 0.3 is 0 Å². The summed E-state index contributed by atoms with van der Waals surface area (Å²) >= 11 is 0. The van der Waals surface area contributed by atoms with E-state index in [0.29, 0.717) is 12.0 Å². The lowest BCUT2D eigenvalue weighted by Crippen LogP contribution is -2.39. The molecule has 14 heavy (non-hydrogen) atoms. The van der Waals surface area contributed by atoms with E-state index in [1.54, 1.807) is 0 Å². The van der Waals surface area contributed by atoms with Crippen molar-refractivity contribution < 1.29 is 4.74 Å². The average molecular weight is 198 g/mol. The summed E-state index contributed by atoms with van der Waals surface area (Å²) in [6, 6.07) is 0. The largest absolute Gasteiger partial charge is 0.376 e. The van der Waals surface area contributed by atoms with Crippen molar-refractivity contribution >= 4 is 5.84 Å². The molecule has 1 unspecified atom stereocenters. The zero-order chi connectivity index (χ0) is 10.6. The number of ether oxygens (including phenoxy) is 1. The molecule has 1 heterocycles. The van der Waals surface area contributed by atoms with Gasteiger partial charge in [0, 0.05) is 25.6 Å². The van der Waals surface area contributed by atoms with Crippen molar-refractivity contribution in [3.05, 3.63) is 0 Å². The average Bonchev–Trinajstić information content (AvgIpc) is 2.65. The van der Waals surface area contributed by atoms with Gasteiger partial charge in [-0.1, -0.05) is 13.8 Å². The highest BCUT2D eigenvalue weighted by Crippen LogP contribution is 2.14. The van der Waals surface area contributed by atoms with E-state index in [9.17, 15) is 0 Å². The monoisotopic (exact) mass is 198 g/mol. The van der Waals surface area contributed by atoms with Crippen LogP contribution in [0.1, 0.15) is 33.6 Å². The fourth-order valence-corrected chi connectivity index (χ4v) is 1.80. The Labute approximate surface area is 86.9 Å². The molecule has 1 rings (SSSR count). The molecule has 0 saturated carbocycles. The van der Waals surface area contributed by atoms with Crippen molar-refractivity contribution in [2.75, 3.05) is 19.7 Å². The van der Waals surface area contributed by atoms with Crippen LogP contribution >= 0.6 is 0 Å². The standard InChI is InChI=1S/C11H22N2O/c1-4-13(11(12)9(2)3)8-10-6-5-7-14-10/h9-10,12H,4-8H2,1-3H3. The van der Waals surface area contributed by atoms with Crippen molar-refractivity contribution in [2.45, 2.75) is 39.7 Å². The predicted octanol–water partition coefficient (Wildman–Crippen LogP) is 2.12. The Hall–Kier alpha value is -0.570. The summed E-state index contributed by atoms with van der Waals surface area (Å²) in [5, 5.41) is 7.93. The molecular formula is C11H22N2O. The fraction of sp³-hybridized carbons (Fsp3) is 0.909. The first kappa shape index (κ1) is 11.5. The lowest BCUT2D eigenvalue weighted by molar-refractivity contribution is 0.0912. The van der Waals surface area contributed by atoms with E-state index in [0.717, 1.165) is 32.0 Å². The van der Waals surface area contributed by atoms with Crippen LogP contribution in [0.2, 0.25) is 0 Å². The van der Waals surface area contributed by atoms with Gasteiger partial charge in [0.25, 0.3) is 0 Å². The van der Waals surface area contributed by atoms with Gasteiger partial charge in [-0.05, 0) is 19.8 Å². The third kappa shape index (κ3) is 2.98. The molecule has 82 valence electrons. The molecule has 0 aliphatic carbocycles. The predicted molar refractivity (Wildman–Crippen MR) is 58.8 cm³/mol. The molecule has 0 aromatic carbocycles. The van der Waals surface area contributed by atoms with Crippen LogP contribution in [0.4, 0.5) is 0 Å². The van der Waals surface area contributed by atoms with Crippen molar-refractivity contribution in [1.29, 1.82) is 5.41 Å². The molecule has 3 heteroatoms. The van der Waals surface area contributed by atoms with Crippen LogP contribution in [-0.4, -0.2) is 36.5 Å². The number of nitrogens with one attached hydrogen (secondary N) is 1. The van der Waals surface area contributed by atoms with Crippen molar-refractivity contribution in [3.63, 3.8) is 0 Å². The second kappa shape index (κ2) is 5.35. The van der Waals surface area contributed by atoms with Crippen LogP contribution in [0.5, 0.6) is 0 Å². The third-order valence-corrected chi connectivity index (χ3v) is 2.72. The van der Waals surface area contributed by atoms with Crippen LogP contribution in [0.3, 0.4) is 0 Å². The van der Waals surface area contributed by atoms with Gasteiger partial charge in [0.15, 0.2) is 0 Å². The molecule has 0 aromatic rings. The highest BCUT2D eigenvalue weighted by Gasteiger charge is 2.20. The van der Waals surface area contributed by atoms with Gasteiger partial charge < -0.3 is 9.64 Å². The molecule has 0 amide bonds. The molecule has 0 radical (unpaired) electrons. The van der Waals surface area contributed by atoms with Gasteiger partial charge in [0.05, 0.1) is 11.9 Å². The summed E-state index contributed by atoms with van der Waals surface area (Å²) in [7, 11) is 0. The highest BCUT2D eigenvalue weighted by molar-refractivity contribution is 5.80. The quantitative estimate of drug-likeness (QED) is 0.555. The van der Waals surface area contributed by atoms with Gasteiger partial charge in [-0.3, -0.25) is 5.41 Å². The topological polar surface area (TPSA) is 36.3 Å². The van der Waals surface area contributed by atoms with Crippen LogP contribution in [0.25, 0.3) is 0 Å². The number of hydrogen-bond acceptors (Lipinski definition) is 2. The minimum Gasteiger partial charge on any atom is -0.376 e. The molecule has 3 nitrogen and oxygen atoms in total. The van der Waals surface area contributed by atoms with E-state index in [1.165, 1.54) is 6.42 Å². The zero-order valence-electron chi connectivity index (χ0n) is 9.55. The second-order valence-corrected chi connectivity index (χ2v) is 4.21. The van der Waals surface area contributed by atoms with Gasteiger partial charge in [-0.15, -0.1) is 0 Å². The fourth-order valence-electron chi connectivity index (χ4n) is 1.80. The summed E-state index contributed by atoms with van der Waals surface area (Å²) in [5.41, 5.74) is 0. The minimum atomic E-state index is 0.316. The van der Waals surface area contributed by atoms with E-state index < -0.39 is 0 Å². The minimum absolute atomic E-state index is 0.316. The van der Waals surface area contributed by atoms with E-state index in [1.807, 2.05) is 0 Å². The molecule has 1 aliphatic heterocycles. The van der Waals surface area contributed by atoms with Crippen molar-refractivity contribution in [3.8, 4) is 0 Å². The summed E-state index contributed by atoms with van der Waals surface area (Å²) in [4.78, 5) is 2.13. The van der Waals surface area contributed by atoms with Gasteiger partial charge in [0.1, 0.15) is 0 Å². The van der Waals surface area contributed by atoms with E-state index in [4.69, 9.17) is 10.1 Å². The summed E-state index contributed by atoms with van der Waals surface area (Å²) in [5.74, 6) is 1.05. The Kier molecular flexibility index (Phi) is 4.39. The van der Waals surface area contributed by atoms with Crippen molar-refractivity contribution in [2.24, 2.45) is 5.92 Å². The lowest BCUT2D eigenvalue weighted by Gasteiger charge is -2.28. The van der Waals surface area contributed by atoms with Crippen LogP contribution < -0.4 is 0 Å². The van der Waals surface area contributed by atoms with Gasteiger partial charge in [0.2, 0.25) is 0 Å². The third-order valence-electron chi connectivity index (χ3n) is 2.72. The van der Waals surface area contributed by atoms with Crippen LogP contribution in [0, 0.1) is 11.3 Å². The van der Waals surface area contributed by atoms with E-state index >= 15 is 0 Å². The SMILES string of the molecule is CCN(CC1CCCO1)C(=N)C(C)C.